The zero-order valence-corrected chi connectivity index (χ0v) is 17.2. The molecule has 1 fully saturated rings. The molecule has 0 bridgehead atoms. The van der Waals surface area contributed by atoms with Crippen molar-refractivity contribution in [1.82, 2.24) is 0 Å². The summed E-state index contributed by atoms with van der Waals surface area (Å²) in [7, 11) is 1.40. The van der Waals surface area contributed by atoms with Gasteiger partial charge in [0.15, 0.2) is 0 Å². The highest BCUT2D eigenvalue weighted by molar-refractivity contribution is 5.73. The Kier molecular flexibility index (Phi) is 10.4. The number of benzene rings is 1. The lowest BCUT2D eigenvalue weighted by molar-refractivity contribution is -0.141. The first-order chi connectivity index (χ1) is 13.1. The van der Waals surface area contributed by atoms with E-state index in [1.165, 1.54) is 7.11 Å². The van der Waals surface area contributed by atoms with Crippen LogP contribution < -0.4 is 4.90 Å². The number of para-hydroxylation sites is 1. The van der Waals surface area contributed by atoms with Gasteiger partial charge in [0.1, 0.15) is 6.23 Å². The molecule has 0 aromatic heterocycles. The molecular formula is C21H35NO5. The van der Waals surface area contributed by atoms with Gasteiger partial charge in [-0.3, -0.25) is 4.79 Å². The zero-order chi connectivity index (χ0) is 20.4. The lowest BCUT2D eigenvalue weighted by Crippen LogP contribution is -2.47. The predicted molar refractivity (Wildman–Crippen MR) is 107 cm³/mol. The summed E-state index contributed by atoms with van der Waals surface area (Å²) in [6.07, 6.45) is 0.139. The number of hydrogen-bond acceptors (Lipinski definition) is 6. The quantitative estimate of drug-likeness (QED) is 0.781. The third kappa shape index (κ3) is 5.92. The maximum atomic E-state index is 11.7. The van der Waals surface area contributed by atoms with Crippen molar-refractivity contribution in [2.45, 2.75) is 71.3 Å². The number of aliphatic hydroxyl groups excluding tert-OH is 2. The van der Waals surface area contributed by atoms with Crippen LogP contribution in [0.15, 0.2) is 24.3 Å². The van der Waals surface area contributed by atoms with Crippen LogP contribution in [0, 0.1) is 0 Å². The topological polar surface area (TPSA) is 79.2 Å². The fourth-order valence-corrected chi connectivity index (χ4v) is 3.54. The Hall–Kier alpha value is -1.63. The fourth-order valence-electron chi connectivity index (χ4n) is 3.54. The van der Waals surface area contributed by atoms with Crippen molar-refractivity contribution < 1.29 is 24.5 Å². The summed E-state index contributed by atoms with van der Waals surface area (Å²) in [4.78, 5) is 13.8. The minimum atomic E-state index is -0.488. The van der Waals surface area contributed by atoms with Gasteiger partial charge >= 0.3 is 5.97 Å². The highest BCUT2D eigenvalue weighted by atomic mass is 16.5. The van der Waals surface area contributed by atoms with Crippen LogP contribution in [-0.4, -0.2) is 54.9 Å². The van der Waals surface area contributed by atoms with Crippen molar-refractivity contribution in [2.24, 2.45) is 0 Å². The number of hydrogen-bond donors (Lipinski definition) is 2. The van der Waals surface area contributed by atoms with E-state index >= 15 is 0 Å². The summed E-state index contributed by atoms with van der Waals surface area (Å²) < 4.78 is 10.7. The van der Waals surface area contributed by atoms with Crippen LogP contribution in [0.5, 0.6) is 0 Å². The van der Waals surface area contributed by atoms with E-state index in [0.29, 0.717) is 25.8 Å². The molecule has 1 aromatic carbocycles. The van der Waals surface area contributed by atoms with Crippen molar-refractivity contribution in [1.29, 1.82) is 0 Å². The van der Waals surface area contributed by atoms with Crippen molar-refractivity contribution in [3.63, 3.8) is 0 Å². The Morgan fingerprint density at radius 1 is 1.22 bits per heavy atom. The highest BCUT2D eigenvalue weighted by Gasteiger charge is 2.38. The number of ether oxygens (including phenoxy) is 2. The van der Waals surface area contributed by atoms with E-state index in [0.717, 1.165) is 11.3 Å². The van der Waals surface area contributed by atoms with E-state index in [9.17, 15) is 15.0 Å². The average Bonchev–Trinajstić information content (AvgIpc) is 3.09. The van der Waals surface area contributed by atoms with Crippen molar-refractivity contribution in [3.05, 3.63) is 29.8 Å². The Balaban J connectivity index is 0.000000855. The third-order valence-corrected chi connectivity index (χ3v) is 4.65. The van der Waals surface area contributed by atoms with Gasteiger partial charge in [-0.1, -0.05) is 45.9 Å². The van der Waals surface area contributed by atoms with Crippen LogP contribution in [0.1, 0.15) is 58.4 Å². The van der Waals surface area contributed by atoms with E-state index in [1.807, 2.05) is 52.0 Å². The van der Waals surface area contributed by atoms with Gasteiger partial charge in [-0.05, 0) is 11.6 Å². The van der Waals surface area contributed by atoms with E-state index in [2.05, 4.69) is 4.90 Å². The molecule has 1 saturated heterocycles. The van der Waals surface area contributed by atoms with Crippen LogP contribution in [0.2, 0.25) is 0 Å². The Labute approximate surface area is 163 Å². The minimum Gasteiger partial charge on any atom is -0.469 e. The average molecular weight is 382 g/mol. The van der Waals surface area contributed by atoms with E-state index in [1.54, 1.807) is 0 Å². The molecule has 4 atom stereocenters. The summed E-state index contributed by atoms with van der Waals surface area (Å²) in [6, 6.07) is 7.94. The molecule has 154 valence electrons. The molecule has 6 heteroatoms. The standard InChI is InChI=1S/C17H23NO5.2C2H6/c1-22-17(21)6-11-9-18(15-5-3-2-4-14(11)15)16-8-12(20)7-13(10-19)23-16;2*1-2/h2-5,11-13,16,19-20H,6-10H2,1H3;2*1-2H3. The fraction of sp³-hybridized carbons (Fsp3) is 0.667. The monoisotopic (exact) mass is 381 g/mol. The number of fused-ring (bicyclic) bond motifs is 1. The number of rotatable bonds is 4. The van der Waals surface area contributed by atoms with Crippen molar-refractivity contribution in [2.75, 3.05) is 25.2 Å². The molecule has 1 aromatic rings. The third-order valence-electron chi connectivity index (χ3n) is 4.65. The molecule has 0 spiro atoms. The number of carbonyl (C=O) groups excluding carboxylic acids is 1. The SMILES string of the molecule is CC.CC.COC(=O)CC1CN(C2CC(O)CC(CO)O2)c2ccccc21. The van der Waals surface area contributed by atoms with Crippen LogP contribution >= 0.6 is 0 Å². The van der Waals surface area contributed by atoms with Gasteiger partial charge in [0.05, 0.1) is 32.3 Å². The molecule has 0 aliphatic carbocycles. The first-order valence-corrected chi connectivity index (χ1v) is 9.99. The van der Waals surface area contributed by atoms with Crippen molar-refractivity contribution >= 4 is 11.7 Å². The first kappa shape index (κ1) is 23.4. The maximum Gasteiger partial charge on any atom is 0.306 e. The molecule has 0 radical (unpaired) electrons. The highest BCUT2D eigenvalue weighted by Crippen LogP contribution is 2.41. The molecule has 27 heavy (non-hydrogen) atoms. The summed E-state index contributed by atoms with van der Waals surface area (Å²) in [6.45, 7) is 8.54. The Morgan fingerprint density at radius 2 is 1.89 bits per heavy atom. The molecule has 2 heterocycles. The van der Waals surface area contributed by atoms with Gasteiger partial charge in [-0.2, -0.15) is 0 Å². The molecular weight excluding hydrogens is 346 g/mol. The van der Waals surface area contributed by atoms with Crippen LogP contribution in [0.4, 0.5) is 5.69 Å². The van der Waals surface area contributed by atoms with Gasteiger partial charge in [-0.15, -0.1) is 0 Å². The van der Waals surface area contributed by atoms with Crippen molar-refractivity contribution in [3.8, 4) is 0 Å². The number of carbonyl (C=O) groups is 1. The molecule has 0 saturated carbocycles. The summed E-state index contributed by atoms with van der Waals surface area (Å²) in [5, 5.41) is 19.4. The van der Waals surface area contributed by atoms with E-state index in [4.69, 9.17) is 9.47 Å². The van der Waals surface area contributed by atoms with Crippen LogP contribution in [-0.2, 0) is 14.3 Å². The molecule has 2 N–H and O–H groups in total. The van der Waals surface area contributed by atoms with Gasteiger partial charge in [0.25, 0.3) is 0 Å². The summed E-state index contributed by atoms with van der Waals surface area (Å²) >= 11 is 0. The van der Waals surface area contributed by atoms with Crippen LogP contribution in [0.3, 0.4) is 0 Å². The normalized spacial score (nSPS) is 26.1. The minimum absolute atomic E-state index is 0.0499. The number of nitrogens with zero attached hydrogens (tertiary/aromatic N) is 1. The maximum absolute atomic E-state index is 11.7. The van der Waals surface area contributed by atoms with E-state index < -0.39 is 6.10 Å². The number of anilines is 1. The second-order valence-electron chi connectivity index (χ2n) is 6.21. The van der Waals surface area contributed by atoms with Gasteiger partial charge in [0, 0.05) is 31.0 Å². The predicted octanol–water partition coefficient (Wildman–Crippen LogP) is 3.06. The molecule has 6 nitrogen and oxygen atoms in total. The van der Waals surface area contributed by atoms with Gasteiger partial charge in [0.2, 0.25) is 0 Å². The largest absolute Gasteiger partial charge is 0.469 e. The van der Waals surface area contributed by atoms with Crippen LogP contribution in [0.25, 0.3) is 0 Å². The number of methoxy groups -OCH3 is 1. The molecule has 0 amide bonds. The molecule has 3 rings (SSSR count). The first-order valence-electron chi connectivity index (χ1n) is 9.99. The lowest BCUT2D eigenvalue weighted by Gasteiger charge is -2.38. The summed E-state index contributed by atoms with van der Waals surface area (Å²) in [5.74, 6) is -0.182. The molecule has 2 aliphatic rings. The smallest absolute Gasteiger partial charge is 0.306 e. The number of aliphatic hydroxyl groups is 2. The van der Waals surface area contributed by atoms with Gasteiger partial charge in [-0.25, -0.2) is 0 Å². The number of esters is 1. The van der Waals surface area contributed by atoms with Gasteiger partial charge < -0.3 is 24.6 Å². The summed E-state index contributed by atoms with van der Waals surface area (Å²) in [5.41, 5.74) is 2.12. The lowest BCUT2D eigenvalue weighted by atomic mass is 9.98. The van der Waals surface area contributed by atoms with E-state index in [-0.39, 0.29) is 30.8 Å². The Morgan fingerprint density at radius 3 is 2.52 bits per heavy atom. The Bertz CT molecular complexity index is 565. The second kappa shape index (κ2) is 12.0. The zero-order valence-electron chi connectivity index (χ0n) is 17.2. The molecule has 2 aliphatic heterocycles. The molecule has 4 unspecified atom stereocenters. The second-order valence-corrected chi connectivity index (χ2v) is 6.21.